The Labute approximate surface area is 410 Å². The summed E-state index contributed by atoms with van der Waals surface area (Å²) in [4.78, 5) is 85.0. The topological polar surface area (TPSA) is 210 Å². The van der Waals surface area contributed by atoms with Gasteiger partial charge >= 0.3 is 41.8 Å². The first-order valence-electron chi connectivity index (χ1n) is 26.5. The zero-order valence-corrected chi connectivity index (χ0v) is 41.1. The maximum Gasteiger partial charge on any atom is 0.309 e. The van der Waals surface area contributed by atoms with Gasteiger partial charge in [0, 0.05) is 49.2 Å². The molecule has 12 unspecified atom stereocenters. The highest BCUT2D eigenvalue weighted by Crippen LogP contribution is 2.54. The van der Waals surface area contributed by atoms with Crippen LogP contribution in [0.3, 0.4) is 0 Å². The summed E-state index contributed by atoms with van der Waals surface area (Å²) in [5, 5.41) is 0.370. The first-order chi connectivity index (χ1) is 33.4. The molecule has 6 aliphatic carbocycles. The molecule has 12 atom stereocenters. The fourth-order valence-electron chi connectivity index (χ4n) is 13.0. The van der Waals surface area contributed by atoms with Gasteiger partial charge in [-0.25, -0.2) is 0 Å². The molecule has 0 spiro atoms. The molecule has 0 radical (unpaired) electrons. The van der Waals surface area contributed by atoms with Gasteiger partial charge in [-0.3, -0.25) is 38.4 Å². The van der Waals surface area contributed by atoms with Gasteiger partial charge in [0.05, 0.1) is 50.9 Å². The maximum atomic E-state index is 11.4. The molecule has 16 nitrogen and oxygen atoms in total. The van der Waals surface area contributed by atoms with E-state index in [9.17, 15) is 38.4 Å². The fraction of sp³-hybridized carbons (Fsp3) is 0.846. The standard InChI is InChI=1S/C10H14O2.C8H10O2.C8H12O2.C7H10O2.C6H8O3.C5H8O2.C4H6O2.C4H6OS/c11-10-8-2-6-1-7(3-8)5-9(4-6)12-10;9-8-6-2-4-1-5(6)7(3-4)10-8;9-8-5-6-3-1-2-4-7(6)10-8;8-7-4-5-2-1-3-6(5)9-7;7-6-3-5-4(9-6)1-2-8-5;6-5-3-1-2-4-7-5;2*5-4-2-1-3-6-4/h6-9H,1-5H2;4-7H,1-3H2;6-7H,1-5H2;5-6H,1-4H2;4-5H,1-3H2;1-4H2;2*1-3H2. The first kappa shape index (κ1) is 51.6. The van der Waals surface area contributed by atoms with E-state index in [1.165, 1.54) is 56.7 Å². The molecule has 0 aromatic carbocycles. The molecular weight excluding hydrogens is 913 g/mol. The molecular formula is C52H74O16S. The molecule has 10 heterocycles. The lowest BCUT2D eigenvalue weighted by molar-refractivity contribution is -0.151. The van der Waals surface area contributed by atoms with Crippen molar-refractivity contribution in [1.29, 1.82) is 0 Å². The minimum Gasteiger partial charge on any atom is -0.466 e. The zero-order valence-electron chi connectivity index (χ0n) is 40.2. The van der Waals surface area contributed by atoms with Gasteiger partial charge in [-0.1, -0.05) is 18.2 Å². The lowest BCUT2D eigenvalue weighted by Crippen LogP contribution is -2.29. The number of hydrogen-bond donors (Lipinski definition) is 0. The van der Waals surface area contributed by atoms with Crippen molar-refractivity contribution in [3.8, 4) is 0 Å². The molecule has 0 amide bonds. The molecule has 384 valence electrons. The number of carbonyl (C=O) groups is 8. The van der Waals surface area contributed by atoms with E-state index in [1.807, 2.05) is 0 Å². The summed E-state index contributed by atoms with van der Waals surface area (Å²) in [5.41, 5.74) is 0. The molecule has 10 saturated heterocycles. The van der Waals surface area contributed by atoms with Crippen LogP contribution < -0.4 is 0 Å². The summed E-state index contributed by atoms with van der Waals surface area (Å²) in [7, 11) is 0. The number of cyclic esters (lactones) is 2. The van der Waals surface area contributed by atoms with Gasteiger partial charge in [-0.2, -0.15) is 0 Å². The Hall–Kier alpha value is -3.73. The predicted molar refractivity (Wildman–Crippen MR) is 246 cm³/mol. The molecule has 0 aromatic heterocycles. The second-order valence-corrected chi connectivity index (χ2v) is 22.6. The molecule has 69 heavy (non-hydrogen) atoms. The highest BCUT2D eigenvalue weighted by Gasteiger charge is 2.56. The monoisotopic (exact) mass is 986 g/mol. The van der Waals surface area contributed by atoms with Crippen LogP contribution in [0.2, 0.25) is 0 Å². The van der Waals surface area contributed by atoms with E-state index in [1.54, 1.807) is 0 Å². The second-order valence-electron chi connectivity index (χ2n) is 21.4. The van der Waals surface area contributed by atoms with Crippen LogP contribution >= 0.6 is 11.8 Å². The van der Waals surface area contributed by atoms with Crippen LogP contribution in [0.4, 0.5) is 0 Å². The molecule has 16 fully saturated rings. The minimum atomic E-state index is -0.107. The van der Waals surface area contributed by atoms with Gasteiger partial charge in [0.25, 0.3) is 0 Å². The first-order valence-corrected chi connectivity index (χ1v) is 27.5. The van der Waals surface area contributed by atoms with Crippen molar-refractivity contribution in [2.75, 3.05) is 25.6 Å². The SMILES string of the molecule is O=C1CC2CCCC2O1.O=C1CC2CCCCC2O1.O=C1CC2OCCC2O1.O=C1CCCCO1.O=C1CCCO1.O=C1CCCS1.O=C1OC2CC3CC(C2)CC1C3.O=C1OC2CC3CC1C2C3. The lowest BCUT2D eigenvalue weighted by Gasteiger charge is -2.35. The lowest BCUT2D eigenvalue weighted by atomic mass is 9.68. The van der Waals surface area contributed by atoms with Crippen LogP contribution in [0.5, 0.6) is 0 Å². The Kier molecular flexibility index (Phi) is 18.8. The van der Waals surface area contributed by atoms with Crippen molar-refractivity contribution >= 4 is 58.7 Å². The van der Waals surface area contributed by atoms with Gasteiger partial charge < -0.3 is 37.9 Å². The van der Waals surface area contributed by atoms with Gasteiger partial charge in [-0.05, 0) is 133 Å². The van der Waals surface area contributed by atoms with Gasteiger partial charge in [0.2, 0.25) is 0 Å². The Bertz CT molecular complexity index is 1700. The van der Waals surface area contributed by atoms with Crippen LogP contribution in [0.25, 0.3) is 0 Å². The Morgan fingerprint density at radius 2 is 1.03 bits per heavy atom. The number of esters is 7. The van der Waals surface area contributed by atoms with Crippen LogP contribution in [-0.4, -0.2) is 109 Å². The maximum absolute atomic E-state index is 11.4. The normalized spacial score (nSPS) is 39.1. The van der Waals surface area contributed by atoms with Crippen LogP contribution in [-0.2, 0) is 76.3 Å². The van der Waals surface area contributed by atoms with Crippen LogP contribution in [0.1, 0.15) is 167 Å². The Morgan fingerprint density at radius 3 is 1.55 bits per heavy atom. The molecule has 0 aromatic rings. The van der Waals surface area contributed by atoms with E-state index >= 15 is 0 Å². The summed E-state index contributed by atoms with van der Waals surface area (Å²) < 4.78 is 40.0. The highest BCUT2D eigenvalue weighted by molar-refractivity contribution is 8.14. The highest BCUT2D eigenvalue weighted by atomic mass is 32.2. The summed E-state index contributed by atoms with van der Waals surface area (Å²) in [6.45, 7) is 2.03. The summed E-state index contributed by atoms with van der Waals surface area (Å²) in [6, 6.07) is 0. The van der Waals surface area contributed by atoms with Crippen LogP contribution in [0, 0.1) is 47.3 Å². The number of rotatable bonds is 0. The van der Waals surface area contributed by atoms with Crippen molar-refractivity contribution in [3.05, 3.63) is 0 Å². The largest absolute Gasteiger partial charge is 0.466 e. The Balaban J connectivity index is 0.000000107. The number of hydrogen-bond acceptors (Lipinski definition) is 17. The molecule has 6 bridgehead atoms. The van der Waals surface area contributed by atoms with E-state index in [4.69, 9.17) is 28.4 Å². The van der Waals surface area contributed by atoms with E-state index in [0.717, 1.165) is 120 Å². The van der Waals surface area contributed by atoms with Crippen molar-refractivity contribution in [3.63, 3.8) is 0 Å². The molecule has 16 rings (SSSR count). The van der Waals surface area contributed by atoms with E-state index in [0.29, 0.717) is 92.4 Å². The third-order valence-corrected chi connectivity index (χ3v) is 17.3. The minimum absolute atomic E-state index is 0.0182. The van der Waals surface area contributed by atoms with Crippen molar-refractivity contribution in [2.24, 2.45) is 47.3 Å². The van der Waals surface area contributed by atoms with Crippen molar-refractivity contribution in [2.45, 2.75) is 204 Å². The molecule has 10 aliphatic heterocycles. The average Bonchev–Trinajstić information content (AvgIpc) is 4.17. The summed E-state index contributed by atoms with van der Waals surface area (Å²) >= 11 is 1.46. The summed E-state index contributed by atoms with van der Waals surface area (Å²) in [5.74, 6) is 5.89. The van der Waals surface area contributed by atoms with Crippen molar-refractivity contribution < 1.29 is 76.3 Å². The second kappa shape index (κ2) is 25.1. The van der Waals surface area contributed by atoms with Gasteiger partial charge in [0.1, 0.15) is 36.6 Å². The zero-order chi connectivity index (χ0) is 48.3. The van der Waals surface area contributed by atoms with Crippen molar-refractivity contribution in [1.82, 2.24) is 0 Å². The Morgan fingerprint density at radius 1 is 0.406 bits per heavy atom. The number of thioether (sulfide) groups is 1. The molecule has 0 N–H and O–H groups in total. The molecule has 17 heteroatoms. The molecule has 16 aliphatic rings. The quantitative estimate of drug-likeness (QED) is 0.170. The number of fused-ring (bicyclic) bond motifs is 5. The third-order valence-electron chi connectivity index (χ3n) is 16.3. The van der Waals surface area contributed by atoms with E-state index in [2.05, 4.69) is 9.47 Å². The van der Waals surface area contributed by atoms with Crippen LogP contribution in [0.15, 0.2) is 0 Å². The summed E-state index contributed by atoms with van der Waals surface area (Å²) in [6.07, 6.45) is 28.1. The smallest absolute Gasteiger partial charge is 0.309 e. The van der Waals surface area contributed by atoms with E-state index < -0.39 is 0 Å². The number of carbonyl (C=O) groups excluding carboxylic acids is 8. The van der Waals surface area contributed by atoms with Gasteiger partial charge in [-0.15, -0.1) is 0 Å². The van der Waals surface area contributed by atoms with Gasteiger partial charge in [0.15, 0.2) is 5.12 Å². The predicted octanol–water partition coefficient (Wildman–Crippen LogP) is 7.46. The molecule has 6 saturated carbocycles. The fourth-order valence-corrected chi connectivity index (χ4v) is 13.8. The average molecular weight is 987 g/mol. The third kappa shape index (κ3) is 14.9. The number of ether oxygens (including phenoxy) is 8. The van der Waals surface area contributed by atoms with E-state index in [-0.39, 0.29) is 66.0 Å².